The van der Waals surface area contributed by atoms with Crippen LogP contribution in [0, 0.1) is 0 Å². The van der Waals surface area contributed by atoms with Crippen LogP contribution in [0.25, 0.3) is 0 Å². The molecule has 14 heteroatoms. The second kappa shape index (κ2) is 7.86. The molecule has 0 aromatic carbocycles. The van der Waals surface area contributed by atoms with Crippen LogP contribution in [0.2, 0.25) is 0 Å². The van der Waals surface area contributed by atoms with Gasteiger partial charge in [0.05, 0.1) is 25.4 Å². The predicted octanol–water partition coefficient (Wildman–Crippen LogP) is 4.05. The van der Waals surface area contributed by atoms with Gasteiger partial charge in [-0.25, -0.2) is 0 Å². The van der Waals surface area contributed by atoms with Gasteiger partial charge in [0.25, 0.3) is 0 Å². The number of rotatable bonds is 8. The van der Waals surface area contributed by atoms with E-state index in [1.54, 1.807) is 0 Å². The molecule has 2 rings (SSSR count). The molecule has 0 bridgehead atoms. The minimum Gasteiger partial charge on any atom is -0.485 e. The van der Waals surface area contributed by atoms with E-state index in [9.17, 15) is 44.3 Å². The monoisotopic (exact) mass is 443 g/mol. The number of alkyl halides is 9. The molecule has 29 heavy (non-hydrogen) atoms. The molecular weight excluding hydrogens is 429 g/mol. The molecule has 1 aromatic rings. The molecule has 0 saturated heterocycles. The number of carbonyl (C=O) groups is 1. The molecule has 0 radical (unpaired) electrons. The number of hydrogen-bond acceptors (Lipinski definition) is 4. The van der Waals surface area contributed by atoms with E-state index in [1.165, 1.54) is 17.0 Å². The van der Waals surface area contributed by atoms with Gasteiger partial charge < -0.3 is 18.8 Å². The van der Waals surface area contributed by atoms with Crippen molar-refractivity contribution in [1.82, 2.24) is 4.57 Å². The van der Waals surface area contributed by atoms with Gasteiger partial charge in [-0.2, -0.15) is 39.5 Å². The summed E-state index contributed by atoms with van der Waals surface area (Å²) in [5, 5.41) is 0. The highest BCUT2D eigenvalue weighted by atomic mass is 19.4. The van der Waals surface area contributed by atoms with Gasteiger partial charge in [0.15, 0.2) is 11.5 Å². The van der Waals surface area contributed by atoms with Crippen LogP contribution >= 0.6 is 0 Å². The summed E-state index contributed by atoms with van der Waals surface area (Å²) in [5.74, 6) is -20.2. The maximum Gasteiger partial charge on any atom is 0.460 e. The smallest absolute Gasteiger partial charge is 0.460 e. The van der Waals surface area contributed by atoms with E-state index < -0.39 is 49.4 Å². The zero-order valence-electron chi connectivity index (χ0n) is 14.4. The van der Waals surface area contributed by atoms with Crippen molar-refractivity contribution in [3.63, 3.8) is 0 Å². The summed E-state index contributed by atoms with van der Waals surface area (Å²) in [6.45, 7) is 0.216. The van der Waals surface area contributed by atoms with Crippen LogP contribution in [0.15, 0.2) is 12.4 Å². The molecule has 0 unspecified atom stereocenters. The lowest BCUT2D eigenvalue weighted by atomic mass is 10.00. The van der Waals surface area contributed by atoms with Crippen molar-refractivity contribution in [3.05, 3.63) is 12.4 Å². The first kappa shape index (κ1) is 23.0. The van der Waals surface area contributed by atoms with E-state index in [0.717, 1.165) is 0 Å². The molecule has 0 spiro atoms. The summed E-state index contributed by atoms with van der Waals surface area (Å²) in [6, 6.07) is 0. The number of ether oxygens (including phenoxy) is 3. The number of esters is 1. The Morgan fingerprint density at radius 2 is 1.45 bits per heavy atom. The third-order valence-corrected chi connectivity index (χ3v) is 3.87. The fourth-order valence-corrected chi connectivity index (χ4v) is 2.28. The lowest BCUT2D eigenvalue weighted by molar-refractivity contribution is -0.396. The Balaban J connectivity index is 1.85. The van der Waals surface area contributed by atoms with Crippen molar-refractivity contribution in [1.29, 1.82) is 0 Å². The van der Waals surface area contributed by atoms with Crippen LogP contribution in [-0.4, -0.2) is 54.3 Å². The number of fused-ring (bicyclic) bond motifs is 1. The molecule has 1 aromatic heterocycles. The van der Waals surface area contributed by atoms with Gasteiger partial charge in [-0.3, -0.25) is 4.79 Å². The average molecular weight is 443 g/mol. The van der Waals surface area contributed by atoms with Crippen LogP contribution in [-0.2, 0) is 16.1 Å². The van der Waals surface area contributed by atoms with Gasteiger partial charge in [-0.1, -0.05) is 0 Å². The quantitative estimate of drug-likeness (QED) is 0.450. The number of nitrogens with zero attached hydrogens (tertiary/aromatic N) is 1. The summed E-state index contributed by atoms with van der Waals surface area (Å²) in [6.07, 6.45) is -7.69. The Labute approximate surface area is 157 Å². The van der Waals surface area contributed by atoms with E-state index >= 15 is 0 Å². The highest BCUT2D eigenvalue weighted by Gasteiger charge is 2.81. The van der Waals surface area contributed by atoms with Crippen molar-refractivity contribution in [2.24, 2.45) is 0 Å². The van der Waals surface area contributed by atoms with E-state index in [2.05, 4.69) is 4.74 Å². The van der Waals surface area contributed by atoms with E-state index in [1.807, 2.05) is 0 Å². The zero-order valence-corrected chi connectivity index (χ0v) is 14.4. The van der Waals surface area contributed by atoms with Gasteiger partial charge in [0.1, 0.15) is 19.8 Å². The van der Waals surface area contributed by atoms with Crippen molar-refractivity contribution < 1.29 is 58.5 Å². The number of carbonyl (C=O) groups excluding carboxylic acids is 1. The molecule has 0 saturated carbocycles. The van der Waals surface area contributed by atoms with Crippen LogP contribution < -0.4 is 9.47 Å². The molecule has 0 atom stereocenters. The second-order valence-corrected chi connectivity index (χ2v) is 5.99. The minimum absolute atomic E-state index is 0.00976. The predicted molar refractivity (Wildman–Crippen MR) is 76.5 cm³/mol. The third kappa shape index (κ3) is 4.66. The molecule has 166 valence electrons. The van der Waals surface area contributed by atoms with Crippen molar-refractivity contribution >= 4 is 5.97 Å². The first-order chi connectivity index (χ1) is 13.2. The van der Waals surface area contributed by atoms with Crippen molar-refractivity contribution in [2.75, 3.05) is 19.8 Å². The van der Waals surface area contributed by atoms with Gasteiger partial charge >= 0.3 is 29.9 Å². The zero-order chi connectivity index (χ0) is 22.1. The molecule has 0 amide bonds. The van der Waals surface area contributed by atoms with Crippen LogP contribution in [0.1, 0.15) is 12.8 Å². The highest BCUT2D eigenvalue weighted by molar-refractivity contribution is 5.69. The van der Waals surface area contributed by atoms with Crippen LogP contribution in [0.5, 0.6) is 11.5 Å². The fourth-order valence-electron chi connectivity index (χ4n) is 2.28. The Hall–Kier alpha value is -2.28. The van der Waals surface area contributed by atoms with Crippen molar-refractivity contribution in [3.8, 4) is 11.5 Å². The Morgan fingerprint density at radius 3 is 1.93 bits per heavy atom. The van der Waals surface area contributed by atoms with Crippen LogP contribution in [0.4, 0.5) is 39.5 Å². The first-order valence-corrected chi connectivity index (χ1v) is 8.00. The topological polar surface area (TPSA) is 49.7 Å². The largest absolute Gasteiger partial charge is 0.485 e. The highest BCUT2D eigenvalue weighted by Crippen LogP contribution is 2.54. The molecule has 0 N–H and O–H groups in total. The van der Waals surface area contributed by atoms with E-state index in [-0.39, 0.29) is 6.54 Å². The van der Waals surface area contributed by atoms with Crippen molar-refractivity contribution in [2.45, 2.75) is 43.3 Å². The van der Waals surface area contributed by atoms with Gasteiger partial charge in [-0.05, 0) is 0 Å². The summed E-state index contributed by atoms with van der Waals surface area (Å²) in [4.78, 5) is 11.4. The second-order valence-electron chi connectivity index (χ2n) is 5.99. The third-order valence-electron chi connectivity index (χ3n) is 3.87. The first-order valence-electron chi connectivity index (χ1n) is 8.00. The Morgan fingerprint density at radius 1 is 0.931 bits per heavy atom. The molecule has 1 aliphatic heterocycles. The Bertz CT molecular complexity index is 706. The summed E-state index contributed by atoms with van der Waals surface area (Å²) >= 11 is 0. The SMILES string of the molecule is O=C(CCC(F)(F)C(F)(F)C(F)(F)C(F)(F)F)OCCn1cc2c(c1)OCCO2. The number of halogens is 9. The van der Waals surface area contributed by atoms with Gasteiger partial charge in [-0.15, -0.1) is 0 Å². The lowest BCUT2D eigenvalue weighted by Crippen LogP contribution is -2.60. The fraction of sp³-hybridized carbons (Fsp3) is 0.667. The minimum atomic E-state index is -6.98. The number of aromatic nitrogens is 1. The van der Waals surface area contributed by atoms with Gasteiger partial charge in [0, 0.05) is 6.42 Å². The molecule has 0 aliphatic carbocycles. The van der Waals surface area contributed by atoms with E-state index in [4.69, 9.17) is 9.47 Å². The molecule has 0 fully saturated rings. The van der Waals surface area contributed by atoms with E-state index in [0.29, 0.717) is 24.7 Å². The normalized spacial score (nSPS) is 15.3. The molecular formula is C15H14F9NO4. The molecule has 1 aliphatic rings. The molecule has 5 nitrogen and oxygen atoms in total. The summed E-state index contributed by atoms with van der Waals surface area (Å²) in [5.41, 5.74) is 0. The standard InChI is InChI=1S/C15H14F9NO4/c16-12(17,13(18,19)14(20,21)15(22,23)24)2-1-11(26)29-4-3-25-7-9-10(8-25)28-6-5-27-9/h7-8H,1-6H2. The lowest BCUT2D eigenvalue weighted by Gasteiger charge is -2.33. The molecule has 2 heterocycles. The maximum atomic E-state index is 13.3. The van der Waals surface area contributed by atoms with Gasteiger partial charge in [0.2, 0.25) is 0 Å². The summed E-state index contributed by atoms with van der Waals surface area (Å²) in [7, 11) is 0. The average Bonchev–Trinajstić information content (AvgIpc) is 3.01. The summed E-state index contributed by atoms with van der Waals surface area (Å²) < 4.78 is 131. The number of hydrogen-bond donors (Lipinski definition) is 0. The maximum absolute atomic E-state index is 13.3. The Kier molecular flexibility index (Phi) is 6.23. The van der Waals surface area contributed by atoms with Crippen LogP contribution in [0.3, 0.4) is 0 Å².